The Balaban J connectivity index is 1.80. The molecule has 1 saturated carbocycles. The summed E-state index contributed by atoms with van der Waals surface area (Å²) in [5.74, 6) is 0.271. The van der Waals surface area contributed by atoms with Crippen molar-refractivity contribution in [2.24, 2.45) is 11.7 Å². The average Bonchev–Trinajstić information content (AvgIpc) is 2.44. The van der Waals surface area contributed by atoms with Gasteiger partial charge in [-0.1, -0.05) is 6.07 Å². The summed E-state index contributed by atoms with van der Waals surface area (Å²) in [5.41, 5.74) is 7.10. The lowest BCUT2D eigenvalue weighted by atomic mass is 9.69. The van der Waals surface area contributed by atoms with Crippen molar-refractivity contribution in [3.05, 3.63) is 28.2 Å². The lowest BCUT2D eigenvalue weighted by Gasteiger charge is -2.52. The third-order valence-electron chi connectivity index (χ3n) is 4.35. The molecule has 2 aliphatic rings. The molecule has 5 nitrogen and oxygen atoms in total. The molecule has 7 heteroatoms. The van der Waals surface area contributed by atoms with Gasteiger partial charge >= 0.3 is 0 Å². The van der Waals surface area contributed by atoms with E-state index in [1.54, 1.807) is 18.2 Å². The first-order valence-electron chi connectivity index (χ1n) is 7.06. The van der Waals surface area contributed by atoms with E-state index in [0.29, 0.717) is 11.1 Å². The van der Waals surface area contributed by atoms with E-state index in [4.69, 9.17) is 10.5 Å². The molecule has 4 unspecified atom stereocenters. The predicted octanol–water partition coefficient (Wildman–Crippen LogP) is 1.54. The molecule has 0 bridgehead atoms. The van der Waals surface area contributed by atoms with Gasteiger partial charge in [-0.05, 0) is 53.4 Å². The fraction of sp³-hybridized carbons (Fsp3) is 0.571. The molecule has 0 radical (unpaired) electrons. The van der Waals surface area contributed by atoms with Crippen LogP contribution in [0.4, 0.5) is 0 Å². The summed E-state index contributed by atoms with van der Waals surface area (Å²) in [5, 5.41) is 0. The molecule has 2 fully saturated rings. The van der Waals surface area contributed by atoms with Crippen molar-refractivity contribution in [2.75, 3.05) is 6.61 Å². The first-order chi connectivity index (χ1) is 9.90. The highest BCUT2D eigenvalue weighted by Crippen LogP contribution is 2.38. The molecule has 21 heavy (non-hydrogen) atoms. The van der Waals surface area contributed by atoms with Crippen LogP contribution in [0, 0.1) is 12.8 Å². The highest BCUT2D eigenvalue weighted by Gasteiger charge is 2.52. The van der Waals surface area contributed by atoms with Crippen molar-refractivity contribution >= 4 is 26.0 Å². The highest BCUT2D eigenvalue weighted by atomic mass is 79.9. The molecule has 4 atom stereocenters. The van der Waals surface area contributed by atoms with Gasteiger partial charge in [0.15, 0.2) is 0 Å². The van der Waals surface area contributed by atoms with E-state index >= 15 is 0 Å². The number of aryl methyl sites for hydroxylation is 1. The van der Waals surface area contributed by atoms with Crippen LogP contribution in [0.5, 0.6) is 0 Å². The predicted molar refractivity (Wildman–Crippen MR) is 83.4 cm³/mol. The number of nitrogens with one attached hydrogen (secondary N) is 1. The summed E-state index contributed by atoms with van der Waals surface area (Å²) in [4.78, 5) is 0.236. The van der Waals surface area contributed by atoms with Gasteiger partial charge in [0.1, 0.15) is 0 Å². The third kappa shape index (κ3) is 2.77. The molecule has 0 spiro atoms. The summed E-state index contributed by atoms with van der Waals surface area (Å²) in [7, 11) is -3.61. The molecule has 1 heterocycles. The van der Waals surface area contributed by atoms with E-state index in [2.05, 4.69) is 20.7 Å². The van der Waals surface area contributed by atoms with Crippen LogP contribution in [0.15, 0.2) is 27.6 Å². The fourth-order valence-corrected chi connectivity index (χ4v) is 5.63. The molecule has 3 N–H and O–H groups in total. The molecule has 1 aromatic rings. The molecule has 1 aromatic carbocycles. The molecular weight excluding hydrogens is 356 g/mol. The van der Waals surface area contributed by atoms with Gasteiger partial charge in [-0.15, -0.1) is 0 Å². The van der Waals surface area contributed by atoms with Crippen molar-refractivity contribution in [3.63, 3.8) is 0 Å². The standard InChI is InChI=1S/C14H19BrN2O3S/c1-8-4-5-11(10(15)7-8)21(18,19)17-13-12(16)9-3-2-6-20-14(9)13/h4-5,7,9,12-14,17H,2-3,6,16H2,1H3. The Morgan fingerprint density at radius 1 is 1.43 bits per heavy atom. The summed E-state index contributed by atoms with van der Waals surface area (Å²) < 4.78 is 34.0. The molecule has 0 amide bonds. The van der Waals surface area contributed by atoms with Crippen LogP contribution in [0.2, 0.25) is 0 Å². The summed E-state index contributed by atoms with van der Waals surface area (Å²) in [6.45, 7) is 2.59. The number of hydrogen-bond donors (Lipinski definition) is 2. The van der Waals surface area contributed by atoms with E-state index in [1.807, 2.05) is 6.92 Å². The van der Waals surface area contributed by atoms with Crippen molar-refractivity contribution in [2.45, 2.75) is 42.8 Å². The maximum absolute atomic E-state index is 12.5. The molecule has 0 aromatic heterocycles. The molecule has 1 aliphatic heterocycles. The van der Waals surface area contributed by atoms with Crippen LogP contribution in [-0.4, -0.2) is 33.2 Å². The van der Waals surface area contributed by atoms with Crippen molar-refractivity contribution in [1.29, 1.82) is 0 Å². The smallest absolute Gasteiger partial charge is 0.242 e. The van der Waals surface area contributed by atoms with Crippen molar-refractivity contribution in [1.82, 2.24) is 4.72 Å². The largest absolute Gasteiger partial charge is 0.376 e. The maximum atomic E-state index is 12.5. The Morgan fingerprint density at radius 2 is 2.19 bits per heavy atom. The second-order valence-corrected chi connectivity index (χ2v) is 8.34. The Labute approximate surface area is 133 Å². The zero-order chi connectivity index (χ0) is 15.2. The number of ether oxygens (including phenoxy) is 1. The Kier molecular flexibility index (Phi) is 4.13. The van der Waals surface area contributed by atoms with Crippen LogP contribution in [0.3, 0.4) is 0 Å². The Morgan fingerprint density at radius 3 is 2.90 bits per heavy atom. The number of sulfonamides is 1. The average molecular weight is 375 g/mol. The second kappa shape index (κ2) is 5.62. The summed E-state index contributed by atoms with van der Waals surface area (Å²) in [6, 6.07) is 4.66. The minimum absolute atomic E-state index is 0.0900. The third-order valence-corrected chi connectivity index (χ3v) is 6.78. The van der Waals surface area contributed by atoms with E-state index in [0.717, 1.165) is 18.4 Å². The number of halogens is 1. The monoisotopic (exact) mass is 374 g/mol. The van der Waals surface area contributed by atoms with Gasteiger partial charge in [0.25, 0.3) is 0 Å². The number of benzene rings is 1. The van der Waals surface area contributed by atoms with Crippen molar-refractivity contribution < 1.29 is 13.2 Å². The molecule has 116 valence electrons. The molecule has 1 saturated heterocycles. The normalized spacial score (nSPS) is 32.3. The van der Waals surface area contributed by atoms with Crippen LogP contribution in [-0.2, 0) is 14.8 Å². The first kappa shape index (κ1) is 15.4. The van der Waals surface area contributed by atoms with Crippen LogP contribution in [0.1, 0.15) is 18.4 Å². The van der Waals surface area contributed by atoms with Crippen LogP contribution >= 0.6 is 15.9 Å². The van der Waals surface area contributed by atoms with Crippen molar-refractivity contribution in [3.8, 4) is 0 Å². The molecular formula is C14H19BrN2O3S. The second-order valence-electron chi connectivity index (χ2n) is 5.80. The number of fused-ring (bicyclic) bond motifs is 1. The van der Waals surface area contributed by atoms with Gasteiger partial charge in [0.05, 0.1) is 17.0 Å². The number of hydrogen-bond acceptors (Lipinski definition) is 4. The maximum Gasteiger partial charge on any atom is 0.242 e. The van der Waals surface area contributed by atoms with Gasteiger partial charge in [0.2, 0.25) is 10.0 Å². The first-order valence-corrected chi connectivity index (χ1v) is 9.33. The van der Waals surface area contributed by atoms with E-state index in [1.165, 1.54) is 0 Å². The molecule has 3 rings (SSSR count). The van der Waals surface area contributed by atoms with Crippen LogP contribution < -0.4 is 10.5 Å². The van der Waals surface area contributed by atoms with Gasteiger partial charge < -0.3 is 10.5 Å². The lowest BCUT2D eigenvalue weighted by Crippen LogP contribution is -2.71. The Bertz CT molecular complexity index is 650. The lowest BCUT2D eigenvalue weighted by molar-refractivity contribution is -0.114. The quantitative estimate of drug-likeness (QED) is 0.840. The number of rotatable bonds is 3. The zero-order valence-electron chi connectivity index (χ0n) is 11.8. The zero-order valence-corrected chi connectivity index (χ0v) is 14.2. The highest BCUT2D eigenvalue weighted by molar-refractivity contribution is 9.10. The van der Waals surface area contributed by atoms with E-state index < -0.39 is 10.0 Å². The van der Waals surface area contributed by atoms with Gasteiger partial charge in [0, 0.05) is 23.0 Å². The minimum atomic E-state index is -3.61. The topological polar surface area (TPSA) is 81.4 Å². The van der Waals surface area contributed by atoms with E-state index in [9.17, 15) is 8.42 Å². The fourth-order valence-electron chi connectivity index (χ4n) is 3.16. The molecule has 1 aliphatic carbocycles. The summed E-state index contributed by atoms with van der Waals surface area (Å²) in [6.07, 6.45) is 1.92. The van der Waals surface area contributed by atoms with Gasteiger partial charge in [-0.25, -0.2) is 13.1 Å². The van der Waals surface area contributed by atoms with Gasteiger partial charge in [-0.3, -0.25) is 0 Å². The number of nitrogens with two attached hydrogens (primary N) is 1. The van der Waals surface area contributed by atoms with Gasteiger partial charge in [-0.2, -0.15) is 0 Å². The minimum Gasteiger partial charge on any atom is -0.376 e. The summed E-state index contributed by atoms with van der Waals surface area (Å²) >= 11 is 3.32. The SMILES string of the molecule is Cc1ccc(S(=O)(=O)NC2C(N)C3CCCOC32)c(Br)c1. The van der Waals surface area contributed by atoms with E-state index in [-0.39, 0.29) is 29.0 Å². The van der Waals surface area contributed by atoms with Crippen LogP contribution in [0.25, 0.3) is 0 Å². The Hall–Kier alpha value is -0.470.